The summed E-state index contributed by atoms with van der Waals surface area (Å²) in [5.41, 5.74) is 1.56. The minimum absolute atomic E-state index is 0. The predicted octanol–water partition coefficient (Wildman–Crippen LogP) is 9.92. The molecule has 0 bridgehead atoms. The maximum Gasteiger partial charge on any atom is 6.00 e. The Bertz CT molecular complexity index is 1930. The molecule has 0 aromatic heterocycles. The molecule has 0 spiro atoms. The first-order chi connectivity index (χ1) is 31.2. The van der Waals surface area contributed by atoms with Crippen molar-refractivity contribution in [3.8, 4) is 0 Å². The Morgan fingerprint density at radius 2 is 0.583 bits per heavy atom. The van der Waals surface area contributed by atoms with E-state index in [1.165, 1.54) is 78.5 Å². The SMILES string of the molecule is CN1CCN(C)CCN(C)CC1.CN1CCN(C)CCN(C)CC1.ClCCl.F[P-](F)(F)(F)(F)F.F[P-](F)(F)(F)(F)F.O=C([O-])Cc1ccc2ccccc2c1.O=C([O-])Cc1ccc2ccccc2c1.[Fe+6].[Fe+6].[O-2]. The fourth-order valence-corrected chi connectivity index (χ4v) is 5.75. The third-order valence-corrected chi connectivity index (χ3v) is 9.51. The van der Waals surface area contributed by atoms with E-state index >= 15 is 0 Å². The fraction of sp³-hybridized carbons (Fsp3) is 0.488. The number of halogens is 14. The van der Waals surface area contributed by atoms with Crippen LogP contribution in [0.4, 0.5) is 50.4 Å². The van der Waals surface area contributed by atoms with Gasteiger partial charge in [0.15, 0.2) is 0 Å². The van der Waals surface area contributed by atoms with Gasteiger partial charge in [-0.3, -0.25) is 0 Å². The van der Waals surface area contributed by atoms with Gasteiger partial charge >= 0.3 is 100 Å². The van der Waals surface area contributed by atoms with Crippen LogP contribution < -0.4 is 10.2 Å². The van der Waals surface area contributed by atoms with Crippen molar-refractivity contribution < 1.29 is 110 Å². The number of hydrogen-bond donors (Lipinski definition) is 0. The molecule has 0 N–H and O–H groups in total. The zero-order valence-corrected chi connectivity index (χ0v) is 45.8. The van der Waals surface area contributed by atoms with Crippen molar-refractivity contribution >= 4 is 72.3 Å². The summed E-state index contributed by atoms with van der Waals surface area (Å²) in [6, 6.07) is 27.0. The summed E-state index contributed by atoms with van der Waals surface area (Å²) in [5, 5.41) is 25.3. The van der Waals surface area contributed by atoms with E-state index in [-0.39, 0.29) is 57.8 Å². The molecule has 0 aliphatic carbocycles. The summed E-state index contributed by atoms with van der Waals surface area (Å²) in [5.74, 6) is -2.08. The first-order valence-electron chi connectivity index (χ1n) is 20.9. The molecule has 2 aliphatic rings. The molecule has 0 unspecified atom stereocenters. The second kappa shape index (κ2) is 32.3. The molecule has 0 saturated carbocycles. The van der Waals surface area contributed by atoms with Crippen LogP contribution in [0, 0.1) is 0 Å². The van der Waals surface area contributed by atoms with Crippen LogP contribution in [-0.4, -0.2) is 168 Å². The summed E-state index contributed by atoms with van der Waals surface area (Å²) >= 11 is 9.53. The van der Waals surface area contributed by atoms with Crippen LogP contribution in [0.1, 0.15) is 11.1 Å². The normalized spacial score (nSPS) is 17.5. The van der Waals surface area contributed by atoms with Gasteiger partial charge in [-0.05, 0) is 75.0 Å². The molecule has 72 heavy (non-hydrogen) atoms. The standard InChI is InChI=1S/2C12H10O2.2C9H21N3.CH2Cl2.2F6P.2Fe.O/c2*13-12(14)8-9-5-6-10-3-1-2-4-11(10)7-9;2*1-10-4-6-11(2)8-9-12(3)7-5-10;2-1-3;2*1-7(2,3,4,5)6;;;/h2*1-7H,8H2,(H,13,14);2*4-9H2,1-3H3;1H2;;;;;/q;;;;;2*-1;2*+6;-2/p-2. The van der Waals surface area contributed by atoms with E-state index in [9.17, 15) is 70.2 Å². The van der Waals surface area contributed by atoms with Gasteiger partial charge in [0.05, 0.1) is 5.34 Å². The molecule has 2 saturated heterocycles. The van der Waals surface area contributed by atoms with Gasteiger partial charge in [0.2, 0.25) is 0 Å². The van der Waals surface area contributed by atoms with Gasteiger partial charge in [-0.1, -0.05) is 84.9 Å². The third kappa shape index (κ3) is 52.6. The number of carboxylic acids is 2. The van der Waals surface area contributed by atoms with Gasteiger partial charge < -0.3 is 54.7 Å². The molecule has 2 heterocycles. The Hall–Kier alpha value is -2.30. The van der Waals surface area contributed by atoms with Crippen molar-refractivity contribution in [3.05, 3.63) is 96.1 Å². The van der Waals surface area contributed by atoms with Crippen molar-refractivity contribution in [1.29, 1.82) is 0 Å². The summed E-state index contributed by atoms with van der Waals surface area (Å²) < 4.78 is 118. The largest absolute Gasteiger partial charge is 6.00 e. The number of aliphatic carboxylic acids is 2. The minimum Gasteiger partial charge on any atom is -2.00 e. The van der Waals surface area contributed by atoms with Gasteiger partial charge in [-0.2, -0.15) is 0 Å². The van der Waals surface area contributed by atoms with Crippen LogP contribution in [0.15, 0.2) is 84.9 Å². The van der Waals surface area contributed by atoms with Crippen molar-refractivity contribution in [2.45, 2.75) is 12.8 Å². The molecular weight excluding hydrogens is 1150 g/mol. The average molecular weight is 1220 g/mol. The fourth-order valence-electron chi connectivity index (χ4n) is 5.75. The van der Waals surface area contributed by atoms with Gasteiger partial charge in [0, 0.05) is 103 Å². The second-order valence-corrected chi connectivity index (χ2v) is 20.9. The van der Waals surface area contributed by atoms with Gasteiger partial charge in [0.25, 0.3) is 0 Å². The molecule has 2 fully saturated rings. The molecular formula is C43H62Cl2F12Fe2N6O5P2+6. The van der Waals surface area contributed by atoms with E-state index in [1.54, 1.807) is 0 Å². The van der Waals surface area contributed by atoms with Crippen LogP contribution in [0.3, 0.4) is 0 Å². The molecule has 29 heteroatoms. The van der Waals surface area contributed by atoms with Gasteiger partial charge in [0.1, 0.15) is 0 Å². The second-order valence-electron chi connectivity index (χ2n) is 16.3. The number of fused-ring (bicyclic) bond motifs is 2. The number of rotatable bonds is 4. The number of carbonyl (C=O) groups is 2. The number of hydrogen-bond acceptors (Lipinski definition) is 10. The molecule has 4 aromatic carbocycles. The molecule has 2 aliphatic heterocycles. The summed E-state index contributed by atoms with van der Waals surface area (Å²) in [6.07, 6.45) is -0.0460. The Morgan fingerprint density at radius 1 is 0.417 bits per heavy atom. The van der Waals surface area contributed by atoms with Gasteiger partial charge in [-0.25, -0.2) is 0 Å². The number of carboxylic acid groups (broad SMARTS) is 2. The number of carbonyl (C=O) groups excluding carboxylic acids is 2. The van der Waals surface area contributed by atoms with Crippen LogP contribution in [-0.2, 0) is 62.0 Å². The van der Waals surface area contributed by atoms with E-state index in [2.05, 4.69) is 71.7 Å². The van der Waals surface area contributed by atoms with Crippen molar-refractivity contribution in [1.82, 2.24) is 29.4 Å². The quantitative estimate of drug-likeness (QED) is 0.0844. The number of alkyl halides is 2. The Morgan fingerprint density at radius 3 is 0.750 bits per heavy atom. The van der Waals surface area contributed by atoms with Crippen LogP contribution >= 0.6 is 38.8 Å². The van der Waals surface area contributed by atoms with E-state index in [4.69, 9.17) is 23.2 Å². The van der Waals surface area contributed by atoms with E-state index in [0.717, 1.165) is 32.7 Å². The van der Waals surface area contributed by atoms with Crippen LogP contribution in [0.5, 0.6) is 0 Å². The first-order valence-corrected chi connectivity index (χ1v) is 26.0. The molecule has 0 atom stereocenters. The molecule has 6 rings (SSSR count). The Balaban J connectivity index is -0.000000384. The topological polar surface area (TPSA) is 128 Å². The third-order valence-electron chi connectivity index (χ3n) is 9.51. The van der Waals surface area contributed by atoms with Crippen molar-refractivity contribution in [3.63, 3.8) is 0 Å². The predicted molar refractivity (Wildman–Crippen MR) is 255 cm³/mol. The molecule has 0 radical (unpaired) electrons. The van der Waals surface area contributed by atoms with E-state index < -0.39 is 27.6 Å². The van der Waals surface area contributed by atoms with Crippen molar-refractivity contribution in [2.24, 2.45) is 0 Å². The zero-order valence-electron chi connectivity index (χ0n) is 40.3. The number of nitrogens with zero attached hydrogens (tertiary/aromatic N) is 6. The number of likely N-dealkylation sites (N-methyl/N-ethyl adjacent to an activating group) is 6. The monoisotopic (exact) mass is 1210 g/mol. The van der Waals surface area contributed by atoms with Crippen LogP contribution in [0.2, 0.25) is 0 Å². The summed E-state index contributed by atoms with van der Waals surface area (Å²) in [6.45, 7) is 14.4. The Kier molecular flexibility index (Phi) is 34.2. The zero-order chi connectivity index (χ0) is 53.4. The maximum absolute atomic E-state index is 10.7. The molecule has 412 valence electrons. The number of benzene rings is 4. The molecule has 11 nitrogen and oxygen atoms in total. The summed E-state index contributed by atoms with van der Waals surface area (Å²) in [7, 11) is -8.11. The smallest absolute Gasteiger partial charge is 2.00 e. The summed E-state index contributed by atoms with van der Waals surface area (Å²) in [4.78, 5) is 35.2. The van der Waals surface area contributed by atoms with Crippen LogP contribution in [0.25, 0.3) is 21.5 Å². The van der Waals surface area contributed by atoms with Crippen molar-refractivity contribution in [2.75, 3.05) is 126 Å². The first kappa shape index (κ1) is 76.2. The minimum atomic E-state index is -10.7. The maximum atomic E-state index is 10.4. The van der Waals surface area contributed by atoms with E-state index in [0.29, 0.717) is 0 Å². The molecule has 4 aromatic rings. The van der Waals surface area contributed by atoms with E-state index in [1.807, 2.05) is 84.9 Å². The van der Waals surface area contributed by atoms with Gasteiger partial charge in [-0.15, -0.1) is 23.2 Å². The molecule has 0 amide bonds. The average Bonchev–Trinajstić information content (AvgIpc) is 3.31. The Labute approximate surface area is 444 Å².